The van der Waals surface area contributed by atoms with Gasteiger partial charge in [0, 0.05) is 6.54 Å². The zero-order chi connectivity index (χ0) is 44.0. The Morgan fingerprint density at radius 2 is 0.933 bits per heavy atom. The molecule has 10 heteroatoms. The van der Waals surface area contributed by atoms with Gasteiger partial charge in [-0.25, -0.2) is 4.57 Å². The maximum absolute atomic E-state index is 12.9. The zero-order valence-electron chi connectivity index (χ0n) is 39.3. The highest BCUT2D eigenvalue weighted by molar-refractivity contribution is 7.47. The van der Waals surface area contributed by atoms with Gasteiger partial charge >= 0.3 is 7.82 Å². The zero-order valence-corrected chi connectivity index (χ0v) is 40.2. The van der Waals surface area contributed by atoms with Crippen LogP contribution in [0.15, 0.2) is 24.3 Å². The molecule has 0 aliphatic heterocycles. The minimum Gasteiger partial charge on any atom is -0.393 e. The van der Waals surface area contributed by atoms with Crippen molar-refractivity contribution < 1.29 is 33.5 Å². The van der Waals surface area contributed by atoms with Gasteiger partial charge in [-0.15, -0.1) is 0 Å². The van der Waals surface area contributed by atoms with E-state index in [-0.39, 0.29) is 19.6 Å². The van der Waals surface area contributed by atoms with E-state index in [2.05, 4.69) is 31.3 Å². The van der Waals surface area contributed by atoms with Gasteiger partial charge in [-0.3, -0.25) is 13.8 Å². The van der Waals surface area contributed by atoms with E-state index in [9.17, 15) is 24.5 Å². The summed E-state index contributed by atoms with van der Waals surface area (Å²) in [5.74, 6) is -0.447. The molecule has 0 saturated heterocycles. The number of aliphatic hydroxyl groups excluding tert-OH is 2. The average molecular weight is 871 g/mol. The molecule has 0 aromatic heterocycles. The molecule has 0 aromatic rings. The normalized spacial score (nSPS) is 14.6. The fourth-order valence-electron chi connectivity index (χ4n) is 7.70. The van der Waals surface area contributed by atoms with Crippen LogP contribution < -0.4 is 11.1 Å². The molecular weight excluding hydrogens is 772 g/mol. The number of phosphoric acid groups is 1. The Labute approximate surface area is 370 Å². The molecular formula is C50H99N2O7P. The van der Waals surface area contributed by atoms with Crippen molar-refractivity contribution >= 4 is 13.7 Å². The third kappa shape index (κ3) is 43.6. The van der Waals surface area contributed by atoms with Gasteiger partial charge in [0.1, 0.15) is 0 Å². The molecule has 4 atom stereocenters. The van der Waals surface area contributed by atoms with Gasteiger partial charge in [-0.1, -0.05) is 224 Å². The topological polar surface area (TPSA) is 151 Å². The molecule has 60 heavy (non-hydrogen) atoms. The summed E-state index contributed by atoms with van der Waals surface area (Å²) in [6.07, 6.45) is 51.2. The number of phosphoric ester groups is 1. The summed E-state index contributed by atoms with van der Waals surface area (Å²) >= 11 is 0. The Morgan fingerprint density at radius 3 is 1.33 bits per heavy atom. The van der Waals surface area contributed by atoms with Gasteiger partial charge < -0.3 is 26.2 Å². The third-order valence-corrected chi connectivity index (χ3v) is 12.6. The first-order valence-corrected chi connectivity index (χ1v) is 27.0. The van der Waals surface area contributed by atoms with Crippen LogP contribution in [0.1, 0.15) is 251 Å². The van der Waals surface area contributed by atoms with Crippen molar-refractivity contribution in [3.05, 3.63) is 24.3 Å². The molecule has 0 aliphatic rings. The van der Waals surface area contributed by atoms with Gasteiger partial charge in [0.2, 0.25) is 5.91 Å². The third-order valence-electron chi connectivity index (χ3n) is 11.6. The molecule has 0 saturated carbocycles. The van der Waals surface area contributed by atoms with Crippen molar-refractivity contribution in [2.45, 2.75) is 270 Å². The lowest BCUT2D eigenvalue weighted by Crippen LogP contribution is -2.46. The van der Waals surface area contributed by atoms with Crippen molar-refractivity contribution in [3.63, 3.8) is 0 Å². The van der Waals surface area contributed by atoms with Crippen molar-refractivity contribution in [2.75, 3.05) is 19.8 Å². The highest BCUT2D eigenvalue weighted by Crippen LogP contribution is 2.43. The van der Waals surface area contributed by atoms with Crippen LogP contribution in [-0.4, -0.2) is 59.0 Å². The highest BCUT2D eigenvalue weighted by Gasteiger charge is 2.27. The number of unbranched alkanes of at least 4 members (excludes halogenated alkanes) is 32. The summed E-state index contributed by atoms with van der Waals surface area (Å²) in [6.45, 7) is 4.00. The fourth-order valence-corrected chi connectivity index (χ4v) is 8.46. The fraction of sp³-hybridized carbons (Fsp3) is 0.900. The first-order chi connectivity index (χ1) is 29.3. The van der Waals surface area contributed by atoms with Gasteiger partial charge in [0.15, 0.2) is 0 Å². The van der Waals surface area contributed by atoms with Crippen LogP contribution in [0.25, 0.3) is 0 Å². The molecule has 0 radical (unpaired) electrons. The first kappa shape index (κ1) is 58.9. The molecule has 9 nitrogen and oxygen atoms in total. The maximum atomic E-state index is 12.9. The van der Waals surface area contributed by atoms with Gasteiger partial charge in [-0.05, 0) is 44.9 Å². The van der Waals surface area contributed by atoms with Crippen LogP contribution >= 0.6 is 7.82 Å². The summed E-state index contributed by atoms with van der Waals surface area (Å²) in [5.41, 5.74) is 5.38. The van der Waals surface area contributed by atoms with Crippen molar-refractivity contribution in [1.29, 1.82) is 0 Å². The summed E-state index contributed by atoms with van der Waals surface area (Å²) in [6, 6.07) is -0.984. The number of aliphatic hydroxyl groups is 2. The number of carbonyl (C=O) groups excluding carboxylic acids is 1. The Bertz CT molecular complexity index is 1010. The number of nitrogens with two attached hydrogens (primary N) is 1. The highest BCUT2D eigenvalue weighted by atomic mass is 31.2. The Hall–Kier alpha value is -1.06. The number of allylic oxidation sites excluding steroid dienone is 3. The average Bonchev–Trinajstić information content (AvgIpc) is 3.23. The van der Waals surface area contributed by atoms with Crippen LogP contribution in [0.2, 0.25) is 0 Å². The van der Waals surface area contributed by atoms with E-state index < -0.39 is 38.6 Å². The molecule has 0 spiro atoms. The Kier molecular flexibility index (Phi) is 45.1. The van der Waals surface area contributed by atoms with E-state index in [1.165, 1.54) is 173 Å². The van der Waals surface area contributed by atoms with E-state index in [1.807, 2.05) is 6.08 Å². The molecule has 6 N–H and O–H groups in total. The summed E-state index contributed by atoms with van der Waals surface area (Å²) in [5, 5.41) is 24.2. The smallest absolute Gasteiger partial charge is 0.393 e. The number of rotatable bonds is 48. The molecule has 0 fully saturated rings. The second kappa shape index (κ2) is 45.9. The summed E-state index contributed by atoms with van der Waals surface area (Å²) in [4.78, 5) is 22.9. The Balaban J connectivity index is 4.21. The number of carbonyl (C=O) groups is 1. The minimum absolute atomic E-state index is 0.0492. The van der Waals surface area contributed by atoms with Crippen molar-refractivity contribution in [2.24, 2.45) is 5.73 Å². The molecule has 0 aliphatic carbocycles. The molecule has 0 heterocycles. The minimum atomic E-state index is -4.40. The van der Waals surface area contributed by atoms with E-state index in [1.54, 1.807) is 6.08 Å². The van der Waals surface area contributed by atoms with Crippen LogP contribution in [-0.2, 0) is 18.4 Å². The molecule has 1 amide bonds. The summed E-state index contributed by atoms with van der Waals surface area (Å²) < 4.78 is 22.2. The SMILES string of the molecule is CCCCCCCCCCCC/C=C\CCCCCCCC(O)CC(=O)NC(COP(=O)(O)OCCN)C(O)/C=C/CCCCCCCCCCCCCCCCCCC. The lowest BCUT2D eigenvalue weighted by molar-refractivity contribution is -0.124. The Morgan fingerprint density at radius 1 is 0.567 bits per heavy atom. The quantitative estimate of drug-likeness (QED) is 0.0230. The van der Waals surface area contributed by atoms with Crippen LogP contribution in [0.3, 0.4) is 0 Å². The summed E-state index contributed by atoms with van der Waals surface area (Å²) in [7, 11) is -4.40. The lowest BCUT2D eigenvalue weighted by Gasteiger charge is -2.24. The van der Waals surface area contributed by atoms with Crippen LogP contribution in [0.4, 0.5) is 0 Å². The standard InChI is InChI=1S/C50H99N2O7P/c1-3-5-7-9-11-13-15-17-19-21-23-25-27-29-31-33-35-37-39-41-47(53)45-50(55)52-48(46-59-60(56,57)58-44-43-51)49(54)42-40-38-36-34-32-30-28-26-24-22-20-18-16-14-12-10-8-6-4-2/h25,27,40,42,47-49,53-54H,3-24,26,28-39,41,43-46,51H2,1-2H3,(H,52,55)(H,56,57)/b27-25-,42-40+. The second-order valence-electron chi connectivity index (χ2n) is 17.6. The van der Waals surface area contributed by atoms with E-state index in [4.69, 9.17) is 14.8 Å². The molecule has 4 unspecified atom stereocenters. The number of hydrogen-bond acceptors (Lipinski definition) is 7. The van der Waals surface area contributed by atoms with Gasteiger partial charge in [0.25, 0.3) is 0 Å². The van der Waals surface area contributed by atoms with Gasteiger partial charge in [0.05, 0.1) is 37.9 Å². The van der Waals surface area contributed by atoms with Crippen LogP contribution in [0.5, 0.6) is 0 Å². The van der Waals surface area contributed by atoms with Crippen molar-refractivity contribution in [1.82, 2.24) is 5.32 Å². The van der Waals surface area contributed by atoms with Crippen LogP contribution in [0, 0.1) is 0 Å². The number of amides is 1. The predicted molar refractivity (Wildman–Crippen MR) is 255 cm³/mol. The predicted octanol–water partition coefficient (Wildman–Crippen LogP) is 13.9. The molecule has 0 aromatic carbocycles. The molecule has 356 valence electrons. The monoisotopic (exact) mass is 871 g/mol. The maximum Gasteiger partial charge on any atom is 0.472 e. The van der Waals surface area contributed by atoms with Crippen molar-refractivity contribution in [3.8, 4) is 0 Å². The van der Waals surface area contributed by atoms with E-state index >= 15 is 0 Å². The second-order valence-corrected chi connectivity index (χ2v) is 19.0. The van der Waals surface area contributed by atoms with E-state index in [0.717, 1.165) is 51.4 Å². The molecule has 0 bridgehead atoms. The van der Waals surface area contributed by atoms with E-state index in [0.29, 0.717) is 6.42 Å². The molecule has 0 rings (SSSR count). The lowest BCUT2D eigenvalue weighted by atomic mass is 10.0. The van der Waals surface area contributed by atoms with Gasteiger partial charge in [-0.2, -0.15) is 0 Å². The first-order valence-electron chi connectivity index (χ1n) is 25.5. The largest absolute Gasteiger partial charge is 0.472 e. The number of nitrogens with one attached hydrogen (secondary N) is 1. The number of hydrogen-bond donors (Lipinski definition) is 5.